The molecule has 0 bridgehead atoms. The molecule has 0 aromatic rings. The van der Waals surface area contributed by atoms with Gasteiger partial charge in [-0.2, -0.15) is 0 Å². The molecule has 0 aromatic heterocycles. The first-order valence-electron chi connectivity index (χ1n) is 18.9. The summed E-state index contributed by atoms with van der Waals surface area (Å²) in [6, 6.07) is 0. The van der Waals surface area contributed by atoms with Gasteiger partial charge in [0.1, 0.15) is 18.8 Å². The number of aliphatic hydroxyl groups is 1. The van der Waals surface area contributed by atoms with E-state index in [1.165, 1.54) is 0 Å². The monoisotopic (exact) mass is 672 g/mol. The number of nitrogens with one attached hydrogen (secondary N) is 1. The number of ether oxygens (including phenoxy) is 3. The van der Waals surface area contributed by atoms with Crippen LogP contribution in [0.1, 0.15) is 107 Å². The molecule has 14 atom stereocenters. The number of alkyl carbamates (subject to hydrolysis) is 1. The third-order valence-electron chi connectivity index (χ3n) is 16.4. The fourth-order valence-corrected chi connectivity index (χ4v) is 14.1. The first-order valence-corrected chi connectivity index (χ1v) is 18.9. The van der Waals surface area contributed by atoms with Crippen molar-refractivity contribution in [2.24, 2.45) is 62.6 Å². The average Bonchev–Trinajstić information content (AvgIpc) is 3.45. The van der Waals surface area contributed by atoms with Crippen LogP contribution in [-0.4, -0.2) is 83.4 Å². The van der Waals surface area contributed by atoms with Gasteiger partial charge in [0.25, 0.3) is 0 Å². The van der Waals surface area contributed by atoms with Crippen LogP contribution < -0.4 is 5.32 Å². The van der Waals surface area contributed by atoms with Crippen LogP contribution in [0.4, 0.5) is 9.59 Å². The molecule has 7 fully saturated rings. The van der Waals surface area contributed by atoms with Gasteiger partial charge in [-0.1, -0.05) is 55.4 Å². The van der Waals surface area contributed by atoms with Crippen molar-refractivity contribution in [3.8, 4) is 0 Å². The molecule has 3 N–H and O–H groups in total. The van der Waals surface area contributed by atoms with Crippen LogP contribution in [0.2, 0.25) is 0 Å². The molecule has 2 aliphatic heterocycles. The number of carbonyl (C=O) groups is 3. The number of carbonyl (C=O) groups excluding carboxylic acids is 2. The molecular weight excluding hydrogens is 612 g/mol. The van der Waals surface area contributed by atoms with Crippen molar-refractivity contribution >= 4 is 18.2 Å². The van der Waals surface area contributed by atoms with E-state index in [0.29, 0.717) is 23.7 Å². The average molecular weight is 673 g/mol. The van der Waals surface area contributed by atoms with Gasteiger partial charge < -0.3 is 34.6 Å². The summed E-state index contributed by atoms with van der Waals surface area (Å²) in [5, 5.41) is 24.1. The summed E-state index contributed by atoms with van der Waals surface area (Å²) in [6.45, 7) is 19.4. The molecule has 5 saturated carbocycles. The highest BCUT2D eigenvalue weighted by molar-refractivity contribution is 5.76. The molecule has 2 spiro atoms. The molecule has 0 aromatic carbocycles. The summed E-state index contributed by atoms with van der Waals surface area (Å²) in [5.41, 5.74) is -0.384. The Morgan fingerprint density at radius 1 is 0.979 bits per heavy atom. The Labute approximate surface area is 286 Å². The van der Waals surface area contributed by atoms with Crippen LogP contribution in [0.25, 0.3) is 0 Å². The number of likely N-dealkylation sites (tertiary alicyclic amines) is 1. The Hall–Kier alpha value is -2.07. The molecule has 5 aliphatic carbocycles. The van der Waals surface area contributed by atoms with E-state index in [9.17, 15) is 19.5 Å². The molecular formula is C38H60N2O8. The van der Waals surface area contributed by atoms with Crippen molar-refractivity contribution in [1.29, 1.82) is 0 Å². The number of nitrogens with zero attached hydrogens (tertiary/aromatic N) is 1. The minimum absolute atomic E-state index is 0.0760. The standard InChI is InChI=1S/C38H60N2O8/c1-20(2)29(48-33(45)40-16-9-17-40)23-18-21(3)28-30(46-23)31(43)36(8)25-11-10-24-34(5,6)26(47-32(44)39-19-27(41)42)12-13-37(24)22(4)38(25,37)15-14-35(28,36)7/h20-26,28-31,43H,9-19H2,1-8H3,(H,39,44)(H,41,42). The van der Waals surface area contributed by atoms with Crippen LogP contribution in [-0.2, 0) is 19.0 Å². The van der Waals surface area contributed by atoms with E-state index in [1.807, 2.05) is 0 Å². The Kier molecular flexibility index (Phi) is 8.03. The maximum Gasteiger partial charge on any atom is 0.410 e. The quantitative estimate of drug-likeness (QED) is 0.309. The smallest absolute Gasteiger partial charge is 0.410 e. The largest absolute Gasteiger partial charge is 0.480 e. The summed E-state index contributed by atoms with van der Waals surface area (Å²) < 4.78 is 19.1. The molecule has 10 nitrogen and oxygen atoms in total. The Bertz CT molecular complexity index is 1330. The van der Waals surface area contributed by atoms with Gasteiger partial charge in [0.2, 0.25) is 0 Å². The predicted octanol–water partition coefficient (Wildman–Crippen LogP) is 6.09. The molecule has 7 aliphatic rings. The van der Waals surface area contributed by atoms with Gasteiger partial charge in [-0.05, 0) is 103 Å². The van der Waals surface area contributed by atoms with Crippen molar-refractivity contribution in [3.63, 3.8) is 0 Å². The van der Waals surface area contributed by atoms with Gasteiger partial charge in [-0.25, -0.2) is 9.59 Å². The minimum atomic E-state index is -1.09. The normalized spacial score (nSPS) is 48.8. The maximum absolute atomic E-state index is 12.9. The third-order valence-corrected chi connectivity index (χ3v) is 16.4. The highest BCUT2D eigenvalue weighted by atomic mass is 16.6. The summed E-state index contributed by atoms with van der Waals surface area (Å²) >= 11 is 0. The summed E-state index contributed by atoms with van der Waals surface area (Å²) in [4.78, 5) is 38.3. The van der Waals surface area contributed by atoms with E-state index in [-0.39, 0.29) is 69.4 Å². The molecule has 270 valence electrons. The van der Waals surface area contributed by atoms with Crippen molar-refractivity contribution < 1.29 is 38.8 Å². The van der Waals surface area contributed by atoms with E-state index >= 15 is 0 Å². The number of carboxylic acid groups (broad SMARTS) is 1. The second-order valence-corrected chi connectivity index (χ2v) is 18.4. The highest BCUT2D eigenvalue weighted by Crippen LogP contribution is 2.91. The van der Waals surface area contributed by atoms with Crippen LogP contribution in [0, 0.1) is 62.6 Å². The summed E-state index contributed by atoms with van der Waals surface area (Å²) in [6.07, 6.45) is 5.19. The Balaban J connectivity index is 1.14. The zero-order chi connectivity index (χ0) is 34.8. The predicted molar refractivity (Wildman–Crippen MR) is 178 cm³/mol. The molecule has 2 amide bonds. The van der Waals surface area contributed by atoms with Crippen molar-refractivity contribution in [2.75, 3.05) is 19.6 Å². The molecule has 2 saturated heterocycles. The number of fused-ring (bicyclic) bond motifs is 4. The topological polar surface area (TPSA) is 135 Å². The molecule has 10 heteroatoms. The fourth-order valence-electron chi connectivity index (χ4n) is 14.1. The number of amides is 2. The lowest BCUT2D eigenvalue weighted by atomic mass is 9.41. The maximum atomic E-state index is 12.9. The molecule has 0 radical (unpaired) electrons. The molecule has 14 unspecified atom stereocenters. The van der Waals surface area contributed by atoms with Crippen molar-refractivity contribution in [2.45, 2.75) is 137 Å². The Morgan fingerprint density at radius 2 is 1.65 bits per heavy atom. The van der Waals surface area contributed by atoms with Gasteiger partial charge >= 0.3 is 18.2 Å². The van der Waals surface area contributed by atoms with Gasteiger partial charge in [0.05, 0.1) is 18.3 Å². The van der Waals surface area contributed by atoms with E-state index in [4.69, 9.17) is 19.3 Å². The van der Waals surface area contributed by atoms with Crippen LogP contribution in [0.5, 0.6) is 0 Å². The number of hydrogen-bond donors (Lipinski definition) is 3. The second-order valence-electron chi connectivity index (χ2n) is 18.4. The van der Waals surface area contributed by atoms with Gasteiger partial charge in [0.15, 0.2) is 0 Å². The van der Waals surface area contributed by atoms with Crippen LogP contribution in [0.15, 0.2) is 0 Å². The van der Waals surface area contributed by atoms with Gasteiger partial charge in [0, 0.05) is 23.9 Å². The van der Waals surface area contributed by atoms with Crippen molar-refractivity contribution in [1.82, 2.24) is 10.2 Å². The lowest BCUT2D eigenvalue weighted by Crippen LogP contribution is -2.60. The highest BCUT2D eigenvalue weighted by Gasteiger charge is 2.88. The zero-order valence-electron chi connectivity index (χ0n) is 30.4. The number of aliphatic carboxylic acids is 1. The van der Waals surface area contributed by atoms with Gasteiger partial charge in [-0.15, -0.1) is 0 Å². The second kappa shape index (κ2) is 11.2. The van der Waals surface area contributed by atoms with Crippen molar-refractivity contribution in [3.05, 3.63) is 0 Å². The fraction of sp³-hybridized carbons (Fsp3) is 0.921. The first kappa shape index (κ1) is 34.4. The number of carboxylic acids is 1. The van der Waals surface area contributed by atoms with Crippen LogP contribution >= 0.6 is 0 Å². The van der Waals surface area contributed by atoms with E-state index in [2.05, 4.69) is 60.7 Å². The minimum Gasteiger partial charge on any atom is -0.480 e. The molecule has 48 heavy (non-hydrogen) atoms. The van der Waals surface area contributed by atoms with Gasteiger partial charge in [-0.3, -0.25) is 4.79 Å². The van der Waals surface area contributed by atoms with Crippen LogP contribution in [0.3, 0.4) is 0 Å². The van der Waals surface area contributed by atoms with E-state index in [0.717, 1.165) is 64.5 Å². The Morgan fingerprint density at radius 3 is 2.27 bits per heavy atom. The number of aliphatic hydroxyl groups excluding tert-OH is 1. The SMILES string of the molecule is CC(C)C(OC(=O)N1CCC1)C1CC(C)C2C(O1)C(O)C1(C)C3CCC4C(C)(C)C(OC(=O)NCC(=O)O)CCC45C(C)C35CCC21C. The summed E-state index contributed by atoms with van der Waals surface area (Å²) in [7, 11) is 0. The lowest BCUT2D eigenvalue weighted by Gasteiger charge is -2.63. The lowest BCUT2D eigenvalue weighted by molar-refractivity contribution is -0.185. The summed E-state index contributed by atoms with van der Waals surface area (Å²) in [5.74, 6) is 0.829. The third kappa shape index (κ3) is 4.32. The number of rotatable bonds is 6. The van der Waals surface area contributed by atoms with E-state index < -0.39 is 24.7 Å². The molecule has 2 heterocycles. The first-order chi connectivity index (χ1) is 22.5. The zero-order valence-corrected chi connectivity index (χ0v) is 30.4. The number of hydrogen-bond acceptors (Lipinski definition) is 7. The molecule has 7 rings (SSSR count). The van der Waals surface area contributed by atoms with E-state index in [1.54, 1.807) is 4.90 Å².